The summed E-state index contributed by atoms with van der Waals surface area (Å²) >= 11 is 0. The molecule has 0 bridgehead atoms. The Morgan fingerprint density at radius 2 is 1.85 bits per heavy atom. The molecular weight excluding hydrogens is 354 g/mol. The fourth-order valence-electron chi connectivity index (χ4n) is 2.05. The molecule has 2 aromatic rings. The van der Waals surface area contributed by atoms with Crippen LogP contribution in [0.5, 0.6) is 5.75 Å². The maximum absolute atomic E-state index is 12.3. The van der Waals surface area contributed by atoms with Crippen molar-refractivity contribution in [3.05, 3.63) is 54.1 Å². The summed E-state index contributed by atoms with van der Waals surface area (Å²) in [5.41, 5.74) is 0.849. The number of carbonyl (C=O) groups excluding carboxylic acids is 1. The number of nitrogens with one attached hydrogen (secondary N) is 1. The van der Waals surface area contributed by atoms with Gasteiger partial charge in [0.1, 0.15) is 5.75 Å². The van der Waals surface area contributed by atoms with E-state index >= 15 is 0 Å². The van der Waals surface area contributed by atoms with E-state index in [0.29, 0.717) is 17.0 Å². The first kappa shape index (κ1) is 19.4. The van der Waals surface area contributed by atoms with E-state index in [2.05, 4.69) is 5.32 Å². The lowest BCUT2D eigenvalue weighted by atomic mass is 10.2. The zero-order valence-corrected chi connectivity index (χ0v) is 15.4. The van der Waals surface area contributed by atoms with Gasteiger partial charge in [0.05, 0.1) is 16.5 Å². The number of nitriles is 1. The number of hydrogen-bond donors (Lipinski definition) is 1. The summed E-state index contributed by atoms with van der Waals surface area (Å²) in [5.74, 6) is 0.0318. The van der Waals surface area contributed by atoms with Gasteiger partial charge in [-0.2, -0.15) is 5.26 Å². The van der Waals surface area contributed by atoms with Gasteiger partial charge in [-0.05, 0) is 49.4 Å². The van der Waals surface area contributed by atoms with Crippen LogP contribution in [0.1, 0.15) is 12.5 Å². The molecule has 0 saturated carbocycles. The Labute approximate surface area is 152 Å². The monoisotopic (exact) mass is 373 g/mol. The van der Waals surface area contributed by atoms with Crippen molar-refractivity contribution in [1.82, 2.24) is 4.31 Å². The SMILES string of the molecule is C[C@@H](Oc1ccc(C#N)cc1)C(=O)Nc1cccc(S(=O)(=O)N(C)C)c1. The maximum Gasteiger partial charge on any atom is 0.265 e. The minimum atomic E-state index is -3.59. The van der Waals surface area contributed by atoms with Crippen LogP contribution in [-0.2, 0) is 14.8 Å². The largest absolute Gasteiger partial charge is 0.481 e. The Bertz CT molecular complexity index is 932. The van der Waals surface area contributed by atoms with Gasteiger partial charge in [0.25, 0.3) is 5.91 Å². The molecule has 0 saturated heterocycles. The molecule has 0 radical (unpaired) electrons. The van der Waals surface area contributed by atoms with Crippen LogP contribution in [0, 0.1) is 11.3 Å². The lowest BCUT2D eigenvalue weighted by Gasteiger charge is -2.16. The van der Waals surface area contributed by atoms with E-state index in [9.17, 15) is 13.2 Å². The summed E-state index contributed by atoms with van der Waals surface area (Å²) in [6.45, 7) is 1.58. The van der Waals surface area contributed by atoms with Gasteiger partial charge in [0.2, 0.25) is 10.0 Å². The van der Waals surface area contributed by atoms with Gasteiger partial charge in [-0.25, -0.2) is 12.7 Å². The highest BCUT2D eigenvalue weighted by Crippen LogP contribution is 2.19. The second-order valence-electron chi connectivity index (χ2n) is 5.70. The first-order chi connectivity index (χ1) is 12.2. The smallest absolute Gasteiger partial charge is 0.265 e. The molecule has 26 heavy (non-hydrogen) atoms. The lowest BCUT2D eigenvalue weighted by Crippen LogP contribution is -2.30. The van der Waals surface area contributed by atoms with Crippen LogP contribution < -0.4 is 10.1 Å². The highest BCUT2D eigenvalue weighted by atomic mass is 32.2. The molecule has 136 valence electrons. The number of sulfonamides is 1. The molecule has 0 aliphatic heterocycles. The van der Waals surface area contributed by atoms with Crippen molar-refractivity contribution in [2.45, 2.75) is 17.9 Å². The van der Waals surface area contributed by atoms with Crippen LogP contribution in [0.2, 0.25) is 0 Å². The predicted octanol–water partition coefficient (Wildman–Crippen LogP) is 2.21. The molecule has 0 aliphatic rings. The van der Waals surface area contributed by atoms with Crippen LogP contribution in [0.15, 0.2) is 53.4 Å². The van der Waals surface area contributed by atoms with Crippen LogP contribution in [0.3, 0.4) is 0 Å². The van der Waals surface area contributed by atoms with Crippen molar-refractivity contribution >= 4 is 21.6 Å². The molecule has 1 atom stereocenters. The van der Waals surface area contributed by atoms with Gasteiger partial charge in [-0.15, -0.1) is 0 Å². The van der Waals surface area contributed by atoms with Crippen molar-refractivity contribution in [3.8, 4) is 11.8 Å². The molecule has 1 N–H and O–H groups in total. The van der Waals surface area contributed by atoms with Crippen molar-refractivity contribution in [2.24, 2.45) is 0 Å². The molecule has 7 nitrogen and oxygen atoms in total. The highest BCUT2D eigenvalue weighted by molar-refractivity contribution is 7.89. The second-order valence-corrected chi connectivity index (χ2v) is 7.85. The third-order valence-electron chi connectivity index (χ3n) is 3.55. The summed E-state index contributed by atoms with van der Waals surface area (Å²) in [6.07, 6.45) is -0.808. The third kappa shape index (κ3) is 4.59. The van der Waals surface area contributed by atoms with E-state index in [1.165, 1.54) is 26.2 Å². The van der Waals surface area contributed by atoms with Gasteiger partial charge >= 0.3 is 0 Å². The first-order valence-electron chi connectivity index (χ1n) is 7.74. The van der Waals surface area contributed by atoms with Gasteiger partial charge < -0.3 is 10.1 Å². The molecule has 1 amide bonds. The zero-order valence-electron chi connectivity index (χ0n) is 14.6. The fourth-order valence-corrected chi connectivity index (χ4v) is 3.00. The number of nitrogens with zero attached hydrogens (tertiary/aromatic N) is 2. The van der Waals surface area contributed by atoms with Gasteiger partial charge in [-0.3, -0.25) is 4.79 Å². The summed E-state index contributed by atoms with van der Waals surface area (Å²) in [6, 6.07) is 14.4. The zero-order chi connectivity index (χ0) is 19.3. The van der Waals surface area contributed by atoms with E-state index < -0.39 is 22.0 Å². The second kappa shape index (κ2) is 7.99. The molecule has 0 heterocycles. The summed E-state index contributed by atoms with van der Waals surface area (Å²) in [5, 5.41) is 11.4. The van der Waals surface area contributed by atoms with Crippen LogP contribution in [0.25, 0.3) is 0 Å². The number of hydrogen-bond acceptors (Lipinski definition) is 5. The van der Waals surface area contributed by atoms with E-state index in [1.807, 2.05) is 6.07 Å². The lowest BCUT2D eigenvalue weighted by molar-refractivity contribution is -0.122. The highest BCUT2D eigenvalue weighted by Gasteiger charge is 2.19. The Hall–Kier alpha value is -2.89. The fraction of sp³-hybridized carbons (Fsp3) is 0.222. The number of benzene rings is 2. The predicted molar refractivity (Wildman–Crippen MR) is 97.2 cm³/mol. The van der Waals surface area contributed by atoms with E-state index in [-0.39, 0.29) is 4.90 Å². The Morgan fingerprint density at radius 3 is 2.42 bits per heavy atom. The molecule has 0 aliphatic carbocycles. The average molecular weight is 373 g/mol. The molecule has 8 heteroatoms. The first-order valence-corrected chi connectivity index (χ1v) is 9.18. The number of ether oxygens (including phenoxy) is 1. The Kier molecular flexibility index (Phi) is 5.97. The van der Waals surface area contributed by atoms with Crippen molar-refractivity contribution in [2.75, 3.05) is 19.4 Å². The Balaban J connectivity index is 2.08. The normalized spacial score (nSPS) is 12.3. The number of carbonyl (C=O) groups is 1. The summed E-state index contributed by atoms with van der Waals surface area (Å²) in [7, 11) is -0.709. The molecule has 2 rings (SSSR count). The molecule has 0 spiro atoms. The van der Waals surface area contributed by atoms with Crippen LogP contribution in [0.4, 0.5) is 5.69 Å². The number of rotatable bonds is 6. The standard InChI is InChI=1S/C18H19N3O4S/c1-13(25-16-9-7-14(12-19)8-10-16)18(22)20-15-5-4-6-17(11-15)26(23,24)21(2)3/h4-11,13H,1-3H3,(H,20,22)/t13-/m1/s1. The topological polar surface area (TPSA) is 99.5 Å². The molecular formula is C18H19N3O4S. The van der Waals surface area contributed by atoms with Crippen molar-refractivity contribution < 1.29 is 17.9 Å². The van der Waals surface area contributed by atoms with Crippen molar-refractivity contribution in [1.29, 1.82) is 5.26 Å². The summed E-state index contributed by atoms with van der Waals surface area (Å²) < 4.78 is 31.0. The van der Waals surface area contributed by atoms with Gasteiger partial charge in [0.15, 0.2) is 6.10 Å². The molecule has 0 fully saturated rings. The maximum atomic E-state index is 12.3. The van der Waals surface area contributed by atoms with Gasteiger partial charge in [0, 0.05) is 19.8 Å². The third-order valence-corrected chi connectivity index (χ3v) is 5.36. The average Bonchev–Trinajstić information content (AvgIpc) is 2.62. The van der Waals surface area contributed by atoms with Crippen molar-refractivity contribution in [3.63, 3.8) is 0 Å². The molecule has 0 unspecified atom stereocenters. The van der Waals surface area contributed by atoms with E-state index in [0.717, 1.165) is 4.31 Å². The van der Waals surface area contributed by atoms with Crippen LogP contribution >= 0.6 is 0 Å². The molecule has 2 aromatic carbocycles. The van der Waals surface area contributed by atoms with Gasteiger partial charge in [-0.1, -0.05) is 6.07 Å². The minimum absolute atomic E-state index is 0.0842. The van der Waals surface area contributed by atoms with Crippen LogP contribution in [-0.4, -0.2) is 38.8 Å². The minimum Gasteiger partial charge on any atom is -0.481 e. The number of amides is 1. The Morgan fingerprint density at radius 1 is 1.19 bits per heavy atom. The van der Waals surface area contributed by atoms with E-state index in [4.69, 9.17) is 10.00 Å². The summed E-state index contributed by atoms with van der Waals surface area (Å²) in [4.78, 5) is 12.4. The number of anilines is 1. The molecule has 0 aromatic heterocycles. The quantitative estimate of drug-likeness (QED) is 0.837. The van der Waals surface area contributed by atoms with E-state index in [1.54, 1.807) is 43.3 Å².